The van der Waals surface area contributed by atoms with Crippen molar-refractivity contribution in [2.24, 2.45) is 5.73 Å². The third-order valence-corrected chi connectivity index (χ3v) is 6.88. The molecule has 39 heavy (non-hydrogen) atoms. The largest absolute Gasteiger partial charge is 0.492 e. The topological polar surface area (TPSA) is 116 Å². The number of ketones is 1. The van der Waals surface area contributed by atoms with Gasteiger partial charge in [-0.15, -0.1) is 0 Å². The number of Topliss-reactive ketones (excluding diaryl/α,β-unsaturated/α-hetero) is 1. The van der Waals surface area contributed by atoms with Crippen molar-refractivity contribution in [3.05, 3.63) is 64.7 Å². The Bertz CT molecular complexity index is 1170. The van der Waals surface area contributed by atoms with Crippen LogP contribution >= 0.6 is 0 Å². The molecule has 0 fully saturated rings. The number of nitrogens with two attached hydrogens (primary N) is 1. The van der Waals surface area contributed by atoms with Crippen LogP contribution in [0.3, 0.4) is 0 Å². The smallest absolute Gasteiger partial charge is 0.408 e. The van der Waals surface area contributed by atoms with Crippen molar-refractivity contribution in [3.8, 4) is 0 Å². The first-order valence-corrected chi connectivity index (χ1v) is 14.0. The number of aromatic nitrogens is 2. The minimum atomic E-state index is -0.505. The van der Waals surface area contributed by atoms with Crippen LogP contribution in [0.15, 0.2) is 31.1 Å². The first-order chi connectivity index (χ1) is 18.5. The number of aryl methyl sites for hydroxylation is 2. The Labute approximate surface area is 232 Å². The summed E-state index contributed by atoms with van der Waals surface area (Å²) in [6.45, 7) is 13.5. The maximum Gasteiger partial charge on any atom is 0.408 e. The summed E-state index contributed by atoms with van der Waals surface area (Å²) in [4.78, 5) is 31.9. The van der Waals surface area contributed by atoms with Crippen molar-refractivity contribution < 1.29 is 19.1 Å². The summed E-state index contributed by atoms with van der Waals surface area (Å²) in [5.74, 6) is 0.608. The molecule has 2 aromatic heterocycles. The van der Waals surface area contributed by atoms with E-state index in [0.29, 0.717) is 18.1 Å². The van der Waals surface area contributed by atoms with Crippen molar-refractivity contribution in [2.75, 3.05) is 6.61 Å². The van der Waals surface area contributed by atoms with Crippen LogP contribution < -0.4 is 11.1 Å². The summed E-state index contributed by atoms with van der Waals surface area (Å²) in [7, 11) is 0. The second kappa shape index (κ2) is 13.7. The van der Waals surface area contributed by atoms with Gasteiger partial charge in [-0.25, -0.2) is 4.79 Å². The van der Waals surface area contributed by atoms with E-state index in [0.717, 1.165) is 68.2 Å². The lowest BCUT2D eigenvalue weighted by Gasteiger charge is -2.24. The van der Waals surface area contributed by atoms with E-state index in [-0.39, 0.29) is 24.0 Å². The maximum atomic E-state index is 12.1. The maximum absolute atomic E-state index is 12.1. The first-order valence-electron chi connectivity index (χ1n) is 14.0. The van der Waals surface area contributed by atoms with Crippen molar-refractivity contribution in [2.45, 2.75) is 104 Å². The zero-order valence-electron chi connectivity index (χ0n) is 24.1. The Hall–Kier alpha value is -3.26. The Morgan fingerprint density at radius 1 is 1.00 bits per heavy atom. The molecule has 2 aliphatic carbocycles. The molecule has 0 saturated carbocycles. The van der Waals surface area contributed by atoms with E-state index in [4.69, 9.17) is 15.2 Å². The van der Waals surface area contributed by atoms with Crippen LogP contribution in [0.25, 0.3) is 5.76 Å². The van der Waals surface area contributed by atoms with Crippen LogP contribution in [0, 0.1) is 0 Å². The zero-order chi connectivity index (χ0) is 28.6. The van der Waals surface area contributed by atoms with Gasteiger partial charge in [0.15, 0.2) is 5.78 Å². The third-order valence-electron chi connectivity index (χ3n) is 6.88. The number of pyridine rings is 2. The van der Waals surface area contributed by atoms with Crippen LogP contribution in [-0.2, 0) is 22.3 Å². The van der Waals surface area contributed by atoms with E-state index in [9.17, 15) is 9.59 Å². The number of hydrogen-bond acceptors (Lipinski definition) is 7. The fourth-order valence-electron chi connectivity index (χ4n) is 4.94. The van der Waals surface area contributed by atoms with Gasteiger partial charge in [-0.05, 0) is 101 Å². The molecule has 0 aliphatic heterocycles. The van der Waals surface area contributed by atoms with Crippen LogP contribution in [-0.4, -0.2) is 34.1 Å². The number of nitrogens with one attached hydrogen (secondary N) is 1. The molecule has 2 aliphatic rings. The zero-order valence-corrected chi connectivity index (χ0v) is 24.1. The number of amides is 1. The molecule has 212 valence electrons. The number of ether oxygens (including phenoxy) is 2. The van der Waals surface area contributed by atoms with Crippen LogP contribution in [0.2, 0.25) is 0 Å². The van der Waals surface area contributed by atoms with Crippen LogP contribution in [0.5, 0.6) is 0 Å². The van der Waals surface area contributed by atoms with E-state index in [1.54, 1.807) is 13.1 Å². The molecule has 1 amide bonds. The summed E-state index contributed by atoms with van der Waals surface area (Å²) < 4.78 is 10.8. The summed E-state index contributed by atoms with van der Waals surface area (Å²) in [6, 6.07) is 3.96. The van der Waals surface area contributed by atoms with Gasteiger partial charge in [0.25, 0.3) is 0 Å². The van der Waals surface area contributed by atoms with E-state index < -0.39 is 5.60 Å². The normalized spacial score (nSPS) is 18.6. The van der Waals surface area contributed by atoms with E-state index in [1.807, 2.05) is 46.0 Å². The van der Waals surface area contributed by atoms with E-state index in [1.165, 1.54) is 11.1 Å². The lowest BCUT2D eigenvalue weighted by molar-refractivity contribution is 0.0500. The molecule has 0 bridgehead atoms. The molecule has 0 spiro atoms. The van der Waals surface area contributed by atoms with Gasteiger partial charge in [0.1, 0.15) is 22.7 Å². The molecule has 0 aromatic carbocycles. The first kappa shape index (κ1) is 30.3. The Kier molecular flexibility index (Phi) is 10.6. The average molecular weight is 537 g/mol. The predicted octanol–water partition coefficient (Wildman–Crippen LogP) is 6.39. The minimum Gasteiger partial charge on any atom is -0.492 e. The highest BCUT2D eigenvalue weighted by atomic mass is 16.6. The standard InChI is InChI=1S/C19H28N2O3.C12H16N2O/c1-6-23-13(2)17-11-14-9-7-8-10-16(15(14)12-20-17)21-18(22)24-19(3,4)5;1-8(15)12-6-9-4-2-3-5-11(13)10(9)7-14-12/h11-12,16H,2,6-10H2,1,3-5H3,(H,21,22);6-7,11H,2-5,13H2,1H3. The second-order valence-electron chi connectivity index (χ2n) is 11.2. The van der Waals surface area contributed by atoms with Gasteiger partial charge in [-0.3, -0.25) is 14.8 Å². The predicted molar refractivity (Wildman–Crippen MR) is 153 cm³/mol. The van der Waals surface area contributed by atoms with Crippen LogP contribution in [0.4, 0.5) is 4.79 Å². The molecule has 2 atom stereocenters. The third kappa shape index (κ3) is 8.88. The number of nitrogens with zero attached hydrogens (tertiary/aromatic N) is 2. The van der Waals surface area contributed by atoms with Crippen molar-refractivity contribution in [1.29, 1.82) is 0 Å². The van der Waals surface area contributed by atoms with Crippen LogP contribution in [0.1, 0.15) is 124 Å². The molecule has 8 nitrogen and oxygen atoms in total. The van der Waals surface area contributed by atoms with Gasteiger partial charge in [-0.1, -0.05) is 19.4 Å². The Balaban J connectivity index is 0.000000239. The highest BCUT2D eigenvalue weighted by Gasteiger charge is 2.24. The summed E-state index contributed by atoms with van der Waals surface area (Å²) in [5, 5.41) is 2.99. The van der Waals surface area contributed by atoms with Gasteiger partial charge in [0.2, 0.25) is 0 Å². The van der Waals surface area contributed by atoms with Crippen molar-refractivity contribution in [1.82, 2.24) is 15.3 Å². The lowest BCUT2D eigenvalue weighted by Crippen LogP contribution is -2.35. The molecular formula is C31H44N4O4. The number of alkyl carbamates (subject to hydrolysis) is 1. The minimum absolute atomic E-state index is 0.0237. The highest BCUT2D eigenvalue weighted by molar-refractivity contribution is 5.92. The number of rotatable bonds is 5. The molecular weight excluding hydrogens is 492 g/mol. The Morgan fingerprint density at radius 3 is 2.23 bits per heavy atom. The van der Waals surface area contributed by atoms with Gasteiger partial charge in [-0.2, -0.15) is 0 Å². The van der Waals surface area contributed by atoms with Gasteiger partial charge < -0.3 is 20.5 Å². The van der Waals surface area contributed by atoms with Gasteiger partial charge >= 0.3 is 6.09 Å². The molecule has 2 heterocycles. The monoisotopic (exact) mass is 536 g/mol. The van der Waals surface area contributed by atoms with Crippen molar-refractivity contribution in [3.63, 3.8) is 0 Å². The summed E-state index contributed by atoms with van der Waals surface area (Å²) in [6.07, 6.45) is 11.6. The number of carbonyl (C=O) groups excluding carboxylic acids is 2. The molecule has 3 N–H and O–H groups in total. The number of hydrogen-bond donors (Lipinski definition) is 2. The second-order valence-corrected chi connectivity index (χ2v) is 11.2. The Morgan fingerprint density at radius 2 is 1.59 bits per heavy atom. The molecule has 4 rings (SSSR count). The number of carbonyl (C=O) groups is 2. The van der Waals surface area contributed by atoms with Gasteiger partial charge in [0.05, 0.1) is 12.6 Å². The summed E-state index contributed by atoms with van der Waals surface area (Å²) in [5.41, 5.74) is 11.4. The quantitative estimate of drug-likeness (QED) is 0.258. The molecule has 8 heteroatoms. The lowest BCUT2D eigenvalue weighted by atomic mass is 10.0. The summed E-state index contributed by atoms with van der Waals surface area (Å²) >= 11 is 0. The fourth-order valence-corrected chi connectivity index (χ4v) is 4.94. The molecule has 2 unspecified atom stereocenters. The van der Waals surface area contributed by atoms with Gasteiger partial charge in [0, 0.05) is 25.4 Å². The van der Waals surface area contributed by atoms with E-state index >= 15 is 0 Å². The SMILES string of the molecule is C=C(OCC)c1cc2c(cn1)C(NC(=O)OC(C)(C)C)CCCC2.CC(=O)c1cc2c(cn1)C(N)CCCC2. The highest BCUT2D eigenvalue weighted by Crippen LogP contribution is 2.30. The number of fused-ring (bicyclic) bond motifs is 2. The molecule has 0 saturated heterocycles. The molecule has 2 aromatic rings. The average Bonchev–Trinajstić information content (AvgIpc) is 3.18. The van der Waals surface area contributed by atoms with Crippen molar-refractivity contribution >= 4 is 17.6 Å². The molecule has 0 radical (unpaired) electrons. The van der Waals surface area contributed by atoms with E-state index in [2.05, 4.69) is 21.9 Å². The fraction of sp³-hybridized carbons (Fsp3) is 0.548.